The number of anilines is 2. The fourth-order valence-electron chi connectivity index (χ4n) is 3.48. The van der Waals surface area contributed by atoms with Crippen LogP contribution >= 0.6 is 0 Å². The second-order valence-corrected chi connectivity index (χ2v) is 7.50. The Kier molecular flexibility index (Phi) is 6.82. The molecular weight excluding hydrogens is 366 g/mol. The first kappa shape index (κ1) is 20.8. The summed E-state index contributed by atoms with van der Waals surface area (Å²) in [5, 5.41) is 2.84. The second kappa shape index (κ2) is 9.52. The number of pyridine rings is 1. The first-order valence-corrected chi connectivity index (χ1v) is 9.95. The van der Waals surface area contributed by atoms with Crippen LogP contribution in [0.25, 0.3) is 0 Å². The summed E-state index contributed by atoms with van der Waals surface area (Å²) < 4.78 is 0. The Hall–Kier alpha value is -2.93. The average Bonchev–Trinajstić information content (AvgIpc) is 2.75. The van der Waals surface area contributed by atoms with Crippen molar-refractivity contribution < 1.29 is 9.59 Å². The maximum Gasteiger partial charge on any atom is 0.243 e. The number of nitrogens with one attached hydrogen (secondary N) is 1. The highest BCUT2D eigenvalue weighted by Crippen LogP contribution is 2.15. The van der Waals surface area contributed by atoms with Gasteiger partial charge >= 0.3 is 0 Å². The van der Waals surface area contributed by atoms with Gasteiger partial charge in [-0.2, -0.15) is 0 Å². The zero-order valence-electron chi connectivity index (χ0n) is 17.3. The Bertz CT molecular complexity index is 817. The van der Waals surface area contributed by atoms with Crippen LogP contribution < -0.4 is 10.2 Å². The molecule has 0 saturated carbocycles. The van der Waals surface area contributed by atoms with Gasteiger partial charge in [0, 0.05) is 45.1 Å². The maximum atomic E-state index is 12.8. The summed E-state index contributed by atoms with van der Waals surface area (Å²) in [4.78, 5) is 35.4. The van der Waals surface area contributed by atoms with Gasteiger partial charge in [-0.25, -0.2) is 4.98 Å². The summed E-state index contributed by atoms with van der Waals surface area (Å²) in [5.74, 6) is 0.725. The Labute approximate surface area is 172 Å². The molecule has 1 aromatic heterocycles. The molecule has 2 aromatic rings. The van der Waals surface area contributed by atoms with Gasteiger partial charge in [-0.1, -0.05) is 23.8 Å². The van der Waals surface area contributed by atoms with E-state index < -0.39 is 0 Å². The highest BCUT2D eigenvalue weighted by molar-refractivity contribution is 5.95. The third kappa shape index (κ3) is 5.54. The number of nitrogens with zero attached hydrogens (tertiary/aromatic N) is 4. The summed E-state index contributed by atoms with van der Waals surface area (Å²) in [6.45, 7) is 7.16. The monoisotopic (exact) mass is 395 g/mol. The quantitative estimate of drug-likeness (QED) is 0.810. The number of likely N-dealkylation sites (N-methyl/N-ethyl adjacent to an activating group) is 1. The lowest BCUT2D eigenvalue weighted by molar-refractivity contribution is -0.137. The van der Waals surface area contributed by atoms with Gasteiger partial charge in [-0.05, 0) is 38.1 Å². The molecule has 0 aliphatic carbocycles. The fraction of sp³-hybridized carbons (Fsp3) is 0.409. The van der Waals surface area contributed by atoms with E-state index in [0.29, 0.717) is 0 Å². The number of amides is 2. The lowest BCUT2D eigenvalue weighted by Crippen LogP contribution is -2.54. The smallest absolute Gasteiger partial charge is 0.243 e. The molecule has 1 aliphatic rings. The van der Waals surface area contributed by atoms with Gasteiger partial charge in [0.25, 0.3) is 0 Å². The number of hydrogen-bond acceptors (Lipinski definition) is 5. The lowest BCUT2D eigenvalue weighted by atomic mass is 10.2. The van der Waals surface area contributed by atoms with Crippen molar-refractivity contribution in [3.05, 3.63) is 54.2 Å². The number of carbonyl (C=O) groups excluding carboxylic acids is 2. The van der Waals surface area contributed by atoms with Crippen molar-refractivity contribution in [3.8, 4) is 0 Å². The Morgan fingerprint density at radius 2 is 1.79 bits per heavy atom. The van der Waals surface area contributed by atoms with Gasteiger partial charge in [-0.15, -0.1) is 0 Å². The van der Waals surface area contributed by atoms with Crippen LogP contribution in [0.3, 0.4) is 0 Å². The van der Waals surface area contributed by atoms with E-state index in [2.05, 4.69) is 20.1 Å². The molecule has 2 heterocycles. The molecule has 29 heavy (non-hydrogen) atoms. The van der Waals surface area contributed by atoms with Crippen molar-refractivity contribution in [2.75, 3.05) is 50.0 Å². The largest absolute Gasteiger partial charge is 0.354 e. The van der Waals surface area contributed by atoms with Gasteiger partial charge in [0.15, 0.2) is 0 Å². The van der Waals surface area contributed by atoms with Gasteiger partial charge in [0.1, 0.15) is 5.82 Å². The Morgan fingerprint density at radius 1 is 1.10 bits per heavy atom. The van der Waals surface area contributed by atoms with Crippen LogP contribution in [0.5, 0.6) is 0 Å². The molecule has 2 amide bonds. The Balaban J connectivity index is 1.48. The fourth-order valence-corrected chi connectivity index (χ4v) is 3.48. The van der Waals surface area contributed by atoms with E-state index in [9.17, 15) is 9.59 Å². The summed E-state index contributed by atoms with van der Waals surface area (Å²) >= 11 is 0. The average molecular weight is 396 g/mol. The number of carbonyl (C=O) groups is 2. The van der Waals surface area contributed by atoms with E-state index in [1.807, 2.05) is 56.3 Å². The standard InChI is InChI=1S/C22H29N5O2/c1-17-7-9-19(10-8-17)24-21(28)16-25(3)22(29)18(2)26-12-14-27(15-13-26)20-6-4-5-11-23-20/h4-11,18H,12-16H2,1-3H3,(H,24,28)/t18-/m0/s1. The van der Waals surface area contributed by atoms with Crippen molar-refractivity contribution in [1.29, 1.82) is 0 Å². The predicted octanol–water partition coefficient (Wildman–Crippen LogP) is 2.00. The molecule has 0 spiro atoms. The van der Waals surface area contributed by atoms with Crippen LogP contribution in [0, 0.1) is 6.92 Å². The van der Waals surface area contributed by atoms with Crippen molar-refractivity contribution in [2.45, 2.75) is 19.9 Å². The normalized spacial score (nSPS) is 15.6. The van der Waals surface area contributed by atoms with Crippen molar-refractivity contribution in [2.24, 2.45) is 0 Å². The molecule has 0 radical (unpaired) electrons. The minimum absolute atomic E-state index is 0.0327. The molecular formula is C22H29N5O2. The van der Waals surface area contributed by atoms with Crippen LogP contribution in [0.2, 0.25) is 0 Å². The zero-order valence-corrected chi connectivity index (χ0v) is 17.3. The van der Waals surface area contributed by atoms with Crippen LogP contribution in [0.4, 0.5) is 11.5 Å². The number of benzene rings is 1. The molecule has 1 saturated heterocycles. The topological polar surface area (TPSA) is 68.8 Å². The Morgan fingerprint density at radius 3 is 2.41 bits per heavy atom. The highest BCUT2D eigenvalue weighted by Gasteiger charge is 2.28. The number of hydrogen-bond donors (Lipinski definition) is 1. The molecule has 0 bridgehead atoms. The first-order chi connectivity index (χ1) is 13.9. The number of rotatable bonds is 6. The molecule has 1 atom stereocenters. The molecule has 0 unspecified atom stereocenters. The SMILES string of the molecule is Cc1ccc(NC(=O)CN(C)C(=O)[C@H](C)N2CCN(c3ccccn3)CC2)cc1. The van der Waals surface area contributed by atoms with Gasteiger partial charge in [0.05, 0.1) is 12.6 Å². The van der Waals surface area contributed by atoms with Crippen LogP contribution in [-0.4, -0.2) is 72.4 Å². The summed E-state index contributed by atoms with van der Waals surface area (Å²) in [5.41, 5.74) is 1.87. The van der Waals surface area contributed by atoms with E-state index >= 15 is 0 Å². The molecule has 154 valence electrons. The minimum atomic E-state index is -0.266. The third-order valence-electron chi connectivity index (χ3n) is 5.28. The third-order valence-corrected chi connectivity index (χ3v) is 5.28. The summed E-state index contributed by atoms with van der Waals surface area (Å²) in [6.07, 6.45) is 1.80. The molecule has 7 nitrogen and oxygen atoms in total. The van der Waals surface area contributed by atoms with Crippen LogP contribution in [-0.2, 0) is 9.59 Å². The number of aromatic nitrogens is 1. The minimum Gasteiger partial charge on any atom is -0.354 e. The number of piperazine rings is 1. The molecule has 1 N–H and O–H groups in total. The van der Waals surface area contributed by atoms with Crippen molar-refractivity contribution in [3.63, 3.8) is 0 Å². The molecule has 1 aromatic carbocycles. The number of aryl methyl sites for hydroxylation is 1. The molecule has 1 fully saturated rings. The van der Waals surface area contributed by atoms with Gasteiger partial charge in [0.2, 0.25) is 11.8 Å². The van der Waals surface area contributed by atoms with E-state index in [0.717, 1.165) is 43.2 Å². The highest BCUT2D eigenvalue weighted by atomic mass is 16.2. The van der Waals surface area contributed by atoms with Gasteiger partial charge < -0.3 is 15.1 Å². The molecule has 1 aliphatic heterocycles. The van der Waals surface area contributed by atoms with E-state index in [1.54, 1.807) is 13.2 Å². The summed E-state index contributed by atoms with van der Waals surface area (Å²) in [6, 6.07) is 13.2. The second-order valence-electron chi connectivity index (χ2n) is 7.50. The first-order valence-electron chi connectivity index (χ1n) is 9.95. The predicted molar refractivity (Wildman–Crippen MR) is 115 cm³/mol. The van der Waals surface area contributed by atoms with Crippen molar-refractivity contribution in [1.82, 2.24) is 14.8 Å². The molecule has 7 heteroatoms. The van der Waals surface area contributed by atoms with E-state index in [1.165, 1.54) is 4.90 Å². The van der Waals surface area contributed by atoms with Gasteiger partial charge in [-0.3, -0.25) is 14.5 Å². The van der Waals surface area contributed by atoms with Crippen molar-refractivity contribution >= 4 is 23.3 Å². The van der Waals surface area contributed by atoms with Crippen LogP contribution in [0.15, 0.2) is 48.7 Å². The van der Waals surface area contributed by atoms with Crippen LogP contribution in [0.1, 0.15) is 12.5 Å². The maximum absolute atomic E-state index is 12.8. The van der Waals surface area contributed by atoms with E-state index in [4.69, 9.17) is 0 Å². The summed E-state index contributed by atoms with van der Waals surface area (Å²) in [7, 11) is 1.68. The lowest BCUT2D eigenvalue weighted by Gasteiger charge is -2.38. The van der Waals surface area contributed by atoms with E-state index in [-0.39, 0.29) is 24.4 Å². The molecule has 3 rings (SSSR count). The zero-order chi connectivity index (χ0) is 20.8.